The Bertz CT molecular complexity index is 540. The zero-order chi connectivity index (χ0) is 16.8. The van der Waals surface area contributed by atoms with Crippen LogP contribution >= 0.6 is 22.9 Å². The van der Waals surface area contributed by atoms with Gasteiger partial charge in [-0.2, -0.15) is 0 Å². The molecule has 0 aliphatic heterocycles. The molecule has 128 valence electrons. The number of carboxylic acid groups (broad SMARTS) is 1. The number of thiophene rings is 1. The second-order valence-electron chi connectivity index (χ2n) is 6.24. The zero-order valence-electron chi connectivity index (χ0n) is 13.5. The molecule has 0 amide bonds. The van der Waals surface area contributed by atoms with Gasteiger partial charge in [-0.25, -0.2) is 4.79 Å². The van der Waals surface area contributed by atoms with Crippen molar-refractivity contribution in [2.45, 2.75) is 56.9 Å². The number of unbranched alkanes of at least 4 members (excludes halogenated alkanes) is 1. The molecule has 0 saturated heterocycles. The van der Waals surface area contributed by atoms with Crippen LogP contribution in [-0.2, 0) is 6.42 Å². The van der Waals surface area contributed by atoms with Crippen molar-refractivity contribution in [1.29, 1.82) is 0 Å². The zero-order valence-corrected chi connectivity index (χ0v) is 15.0. The Morgan fingerprint density at radius 2 is 2.26 bits per heavy atom. The van der Waals surface area contributed by atoms with E-state index in [4.69, 9.17) is 16.7 Å². The van der Waals surface area contributed by atoms with Crippen molar-refractivity contribution >= 4 is 28.9 Å². The van der Waals surface area contributed by atoms with Gasteiger partial charge in [0, 0.05) is 16.2 Å². The van der Waals surface area contributed by atoms with E-state index < -0.39 is 5.97 Å². The molecule has 0 radical (unpaired) electrons. The second-order valence-corrected chi connectivity index (χ2v) is 7.97. The number of carboxylic acids is 1. The number of aromatic carboxylic acids is 1. The van der Waals surface area contributed by atoms with Crippen molar-refractivity contribution in [3.05, 3.63) is 34.0 Å². The standard InChI is InChI=1S/C18H25ClO3S/c1-2-3-4-7-14-13(15(19)11-16(14)20)8-5-6-12-9-10-17(23-12)18(21)22/h4,7,9-10,13-16,20H,2-3,5-6,8,11H2,1H3,(H,21,22)/t13-,14?,15?,16-/m1/s1. The summed E-state index contributed by atoms with van der Waals surface area (Å²) < 4.78 is 0. The Labute approximate surface area is 147 Å². The smallest absolute Gasteiger partial charge is 0.345 e. The average Bonchev–Trinajstić information content (AvgIpc) is 3.07. The highest BCUT2D eigenvalue weighted by Gasteiger charge is 2.39. The van der Waals surface area contributed by atoms with E-state index >= 15 is 0 Å². The highest BCUT2D eigenvalue weighted by molar-refractivity contribution is 7.13. The highest BCUT2D eigenvalue weighted by Crippen LogP contribution is 2.40. The average molecular weight is 357 g/mol. The topological polar surface area (TPSA) is 57.5 Å². The predicted molar refractivity (Wildman–Crippen MR) is 95.5 cm³/mol. The van der Waals surface area contributed by atoms with Gasteiger partial charge in [0.15, 0.2) is 0 Å². The number of aliphatic hydroxyl groups excluding tert-OH is 1. The number of allylic oxidation sites excluding steroid dienone is 1. The van der Waals surface area contributed by atoms with Crippen LogP contribution in [0.2, 0.25) is 0 Å². The van der Waals surface area contributed by atoms with Crippen LogP contribution in [0.25, 0.3) is 0 Å². The minimum atomic E-state index is -0.859. The van der Waals surface area contributed by atoms with Gasteiger partial charge in [0.25, 0.3) is 0 Å². The number of hydrogen-bond acceptors (Lipinski definition) is 3. The fraction of sp³-hybridized carbons (Fsp3) is 0.611. The highest BCUT2D eigenvalue weighted by atomic mass is 35.5. The molecule has 1 aromatic heterocycles. The normalized spacial score (nSPS) is 27.8. The Kier molecular flexibility index (Phi) is 7.12. The molecule has 1 fully saturated rings. The molecule has 2 N–H and O–H groups in total. The van der Waals surface area contributed by atoms with Crippen LogP contribution in [0.1, 0.15) is 53.6 Å². The number of halogens is 1. The summed E-state index contributed by atoms with van der Waals surface area (Å²) in [6.07, 6.45) is 9.59. The number of rotatable bonds is 8. The molecule has 1 aliphatic rings. The molecule has 1 aromatic rings. The summed E-state index contributed by atoms with van der Waals surface area (Å²) in [5.74, 6) is -0.400. The van der Waals surface area contributed by atoms with E-state index in [9.17, 15) is 9.90 Å². The Morgan fingerprint density at radius 3 is 2.91 bits per heavy atom. The van der Waals surface area contributed by atoms with Gasteiger partial charge in [-0.1, -0.05) is 25.5 Å². The fourth-order valence-electron chi connectivity index (χ4n) is 3.29. The molecule has 1 heterocycles. The molecule has 0 bridgehead atoms. The number of hydrogen-bond donors (Lipinski definition) is 2. The molecule has 0 aromatic carbocycles. The minimum absolute atomic E-state index is 0.0270. The van der Waals surface area contributed by atoms with E-state index in [0.29, 0.717) is 17.2 Å². The minimum Gasteiger partial charge on any atom is -0.477 e. The van der Waals surface area contributed by atoms with Crippen LogP contribution in [-0.4, -0.2) is 27.7 Å². The van der Waals surface area contributed by atoms with Gasteiger partial charge in [-0.3, -0.25) is 0 Å². The van der Waals surface area contributed by atoms with E-state index in [2.05, 4.69) is 19.1 Å². The van der Waals surface area contributed by atoms with Crippen molar-refractivity contribution < 1.29 is 15.0 Å². The van der Waals surface area contributed by atoms with E-state index in [-0.39, 0.29) is 17.4 Å². The largest absolute Gasteiger partial charge is 0.477 e. The maximum absolute atomic E-state index is 10.9. The van der Waals surface area contributed by atoms with Gasteiger partial charge >= 0.3 is 5.97 Å². The van der Waals surface area contributed by atoms with Crippen molar-refractivity contribution in [2.75, 3.05) is 0 Å². The lowest BCUT2D eigenvalue weighted by atomic mass is 9.89. The summed E-state index contributed by atoms with van der Waals surface area (Å²) in [5.41, 5.74) is 0. The Balaban J connectivity index is 1.87. The number of aryl methyl sites for hydroxylation is 1. The molecule has 3 nitrogen and oxygen atoms in total. The molecule has 2 unspecified atom stereocenters. The first-order valence-electron chi connectivity index (χ1n) is 8.33. The lowest BCUT2D eigenvalue weighted by Crippen LogP contribution is -2.18. The molecule has 0 spiro atoms. The quantitative estimate of drug-likeness (QED) is 0.523. The fourth-order valence-corrected chi connectivity index (χ4v) is 4.66. The summed E-state index contributed by atoms with van der Waals surface area (Å²) in [4.78, 5) is 12.4. The van der Waals surface area contributed by atoms with E-state index in [1.54, 1.807) is 6.07 Å². The van der Waals surface area contributed by atoms with Crippen LogP contribution in [0.4, 0.5) is 0 Å². The van der Waals surface area contributed by atoms with Crippen molar-refractivity contribution in [2.24, 2.45) is 11.8 Å². The molecule has 23 heavy (non-hydrogen) atoms. The van der Waals surface area contributed by atoms with Gasteiger partial charge in [0.1, 0.15) is 4.88 Å². The van der Waals surface area contributed by atoms with E-state index in [1.165, 1.54) is 11.3 Å². The summed E-state index contributed by atoms with van der Waals surface area (Å²) in [5, 5.41) is 19.2. The second kappa shape index (κ2) is 8.86. The monoisotopic (exact) mass is 356 g/mol. The van der Waals surface area contributed by atoms with Gasteiger partial charge in [0.2, 0.25) is 0 Å². The lowest BCUT2D eigenvalue weighted by molar-refractivity contribution is 0.0702. The molecule has 1 aliphatic carbocycles. The summed E-state index contributed by atoms with van der Waals surface area (Å²) in [6, 6.07) is 3.57. The molecule has 2 rings (SSSR count). The third-order valence-electron chi connectivity index (χ3n) is 4.52. The SMILES string of the molecule is CCCC=CC1[C@@H](CCCc2ccc(C(=O)O)s2)C(Cl)C[C@H]1O. The van der Waals surface area contributed by atoms with Crippen LogP contribution < -0.4 is 0 Å². The third-order valence-corrected chi connectivity index (χ3v) is 6.15. The van der Waals surface area contributed by atoms with Crippen LogP contribution in [0, 0.1) is 11.8 Å². The first kappa shape index (κ1) is 18.5. The maximum Gasteiger partial charge on any atom is 0.345 e. The maximum atomic E-state index is 10.9. The number of aliphatic hydroxyl groups is 1. The molecule has 4 atom stereocenters. The third kappa shape index (κ3) is 5.07. The van der Waals surface area contributed by atoms with Crippen LogP contribution in [0.15, 0.2) is 24.3 Å². The summed E-state index contributed by atoms with van der Waals surface area (Å²) >= 11 is 7.79. The number of carbonyl (C=O) groups is 1. The van der Waals surface area contributed by atoms with E-state index in [1.807, 2.05) is 6.07 Å². The van der Waals surface area contributed by atoms with Gasteiger partial charge in [0.05, 0.1) is 6.10 Å². The Hall–Kier alpha value is -0.840. The van der Waals surface area contributed by atoms with Crippen molar-refractivity contribution in [3.8, 4) is 0 Å². The molecule has 5 heteroatoms. The van der Waals surface area contributed by atoms with Crippen molar-refractivity contribution in [1.82, 2.24) is 0 Å². The van der Waals surface area contributed by atoms with E-state index in [0.717, 1.165) is 37.0 Å². The van der Waals surface area contributed by atoms with Crippen molar-refractivity contribution in [3.63, 3.8) is 0 Å². The van der Waals surface area contributed by atoms with Gasteiger partial charge < -0.3 is 10.2 Å². The lowest BCUT2D eigenvalue weighted by Gasteiger charge is -2.20. The number of alkyl halides is 1. The summed E-state index contributed by atoms with van der Waals surface area (Å²) in [6.45, 7) is 2.14. The predicted octanol–water partition coefficient (Wildman–Crippen LogP) is 4.73. The molecular formula is C18H25ClO3S. The van der Waals surface area contributed by atoms with Gasteiger partial charge in [-0.05, 0) is 50.2 Å². The first-order valence-corrected chi connectivity index (χ1v) is 9.59. The van der Waals surface area contributed by atoms with Crippen LogP contribution in [0.3, 0.4) is 0 Å². The molecule has 1 saturated carbocycles. The van der Waals surface area contributed by atoms with Crippen LogP contribution in [0.5, 0.6) is 0 Å². The van der Waals surface area contributed by atoms with Gasteiger partial charge in [-0.15, -0.1) is 22.9 Å². The summed E-state index contributed by atoms with van der Waals surface area (Å²) in [7, 11) is 0. The first-order chi connectivity index (χ1) is 11.0. The Morgan fingerprint density at radius 1 is 1.48 bits per heavy atom. The molecular weight excluding hydrogens is 332 g/mol.